The van der Waals surface area contributed by atoms with Crippen LogP contribution in [-0.2, 0) is 0 Å². The average Bonchev–Trinajstić information content (AvgIpc) is 2.83. The normalized spacial score (nSPS) is 12.0. The topological polar surface area (TPSA) is 12.9 Å². The summed E-state index contributed by atoms with van der Waals surface area (Å²) >= 11 is 0. The van der Waals surface area contributed by atoms with Gasteiger partial charge >= 0.3 is 0 Å². The number of aromatic nitrogens is 1. The van der Waals surface area contributed by atoms with Crippen LogP contribution in [0.2, 0.25) is 0 Å². The van der Waals surface area contributed by atoms with E-state index in [-0.39, 0.29) is 0 Å². The Bertz CT molecular complexity index is 1780. The van der Waals surface area contributed by atoms with E-state index in [0.29, 0.717) is 0 Å². The molecule has 1 heterocycles. The highest BCUT2D eigenvalue weighted by atomic mass is 14.6. The summed E-state index contributed by atoms with van der Waals surface area (Å²) in [4.78, 5) is 4.81. The number of rotatable bonds is 0. The minimum Gasteiger partial charge on any atom is -0.256 e. The second-order valence-corrected chi connectivity index (χ2v) is 7.95. The molecule has 0 atom stereocenters. The van der Waals surface area contributed by atoms with E-state index < -0.39 is 0 Å². The molecule has 0 unspecified atom stereocenters. The third kappa shape index (κ3) is 1.94. The Hall–Kier alpha value is -3.97. The number of nitrogens with zero attached hydrogens (tertiary/aromatic N) is 1. The van der Waals surface area contributed by atoms with Crippen molar-refractivity contribution in [3.8, 4) is 0 Å². The lowest BCUT2D eigenvalue weighted by atomic mass is 9.86. The molecule has 1 nitrogen and oxygen atoms in total. The quantitative estimate of drug-likeness (QED) is 0.243. The van der Waals surface area contributed by atoms with Gasteiger partial charge in [0, 0.05) is 17.0 Å². The molecule has 30 heavy (non-hydrogen) atoms. The van der Waals surface area contributed by atoms with E-state index in [4.69, 9.17) is 4.98 Å². The molecule has 0 N–H and O–H groups in total. The van der Waals surface area contributed by atoms with Crippen molar-refractivity contribution in [3.63, 3.8) is 0 Å². The molecule has 0 bridgehead atoms. The molecule has 7 aromatic rings. The Morgan fingerprint density at radius 3 is 1.50 bits per heavy atom. The Kier molecular flexibility index (Phi) is 3.06. The molecule has 7 rings (SSSR count). The fourth-order valence-electron chi connectivity index (χ4n) is 5.25. The van der Waals surface area contributed by atoms with Gasteiger partial charge in [-0.15, -0.1) is 0 Å². The maximum atomic E-state index is 4.81. The second kappa shape index (κ2) is 5.77. The molecule has 0 spiro atoms. The highest BCUT2D eigenvalue weighted by Gasteiger charge is 2.16. The Morgan fingerprint density at radius 1 is 0.367 bits per heavy atom. The summed E-state index contributed by atoms with van der Waals surface area (Å²) in [6.45, 7) is 0. The van der Waals surface area contributed by atoms with Gasteiger partial charge in [0.05, 0.1) is 5.52 Å². The van der Waals surface area contributed by atoms with Crippen LogP contribution in [0.3, 0.4) is 0 Å². The molecular formula is C29H17N. The van der Waals surface area contributed by atoms with Crippen LogP contribution in [0.1, 0.15) is 0 Å². The molecule has 0 aliphatic carbocycles. The first-order valence-corrected chi connectivity index (χ1v) is 10.3. The van der Waals surface area contributed by atoms with Gasteiger partial charge < -0.3 is 0 Å². The van der Waals surface area contributed by atoms with Crippen LogP contribution in [0.4, 0.5) is 0 Å². The van der Waals surface area contributed by atoms with Gasteiger partial charge in [-0.2, -0.15) is 0 Å². The Labute approximate surface area is 173 Å². The molecule has 0 radical (unpaired) electrons. The molecule has 0 saturated carbocycles. The second-order valence-electron chi connectivity index (χ2n) is 7.95. The van der Waals surface area contributed by atoms with Crippen molar-refractivity contribution in [3.05, 3.63) is 103 Å². The first-order chi connectivity index (χ1) is 14.9. The molecule has 6 aromatic carbocycles. The fraction of sp³-hybridized carbons (Fsp3) is 0. The predicted octanol–water partition coefficient (Wildman–Crippen LogP) is 8.00. The van der Waals surface area contributed by atoms with Crippen LogP contribution in [-0.4, -0.2) is 4.98 Å². The zero-order valence-electron chi connectivity index (χ0n) is 16.3. The first-order valence-electron chi connectivity index (χ1n) is 10.3. The Balaban J connectivity index is 1.97. The lowest BCUT2D eigenvalue weighted by Gasteiger charge is -2.17. The van der Waals surface area contributed by atoms with Gasteiger partial charge in [0.2, 0.25) is 0 Å². The van der Waals surface area contributed by atoms with Gasteiger partial charge in [0.15, 0.2) is 0 Å². The highest BCUT2D eigenvalue weighted by molar-refractivity contribution is 6.41. The molecular weight excluding hydrogens is 362 g/mol. The molecule has 0 amide bonds. The maximum Gasteiger partial charge on any atom is 0.0786 e. The molecule has 1 aromatic heterocycles. The minimum atomic E-state index is 1.07. The smallest absolute Gasteiger partial charge is 0.0786 e. The summed E-state index contributed by atoms with van der Waals surface area (Å²) in [7, 11) is 0. The van der Waals surface area contributed by atoms with Crippen LogP contribution in [0.5, 0.6) is 0 Å². The SMILES string of the molecule is c1cnc2c(c1)ccc1c2c2ccccc2c2c3ccccc3c3ccccc3c12. The van der Waals surface area contributed by atoms with Crippen molar-refractivity contribution in [2.75, 3.05) is 0 Å². The van der Waals surface area contributed by atoms with Crippen molar-refractivity contribution >= 4 is 64.8 Å². The molecule has 138 valence electrons. The van der Waals surface area contributed by atoms with Gasteiger partial charge in [0.1, 0.15) is 0 Å². The summed E-state index contributed by atoms with van der Waals surface area (Å²) in [6, 6.07) is 35.1. The average molecular weight is 379 g/mol. The Morgan fingerprint density at radius 2 is 0.867 bits per heavy atom. The van der Waals surface area contributed by atoms with Gasteiger partial charge in [-0.3, -0.25) is 4.98 Å². The lowest BCUT2D eigenvalue weighted by molar-refractivity contribution is 1.43. The summed E-state index contributed by atoms with van der Waals surface area (Å²) < 4.78 is 0. The number of fused-ring (bicyclic) bond motifs is 13. The maximum absolute atomic E-state index is 4.81. The van der Waals surface area contributed by atoms with Crippen LogP contribution in [0.15, 0.2) is 103 Å². The van der Waals surface area contributed by atoms with Crippen LogP contribution in [0, 0.1) is 0 Å². The molecule has 0 aliphatic rings. The number of benzene rings is 6. The van der Waals surface area contributed by atoms with E-state index in [0.717, 1.165) is 5.52 Å². The van der Waals surface area contributed by atoms with E-state index >= 15 is 0 Å². The van der Waals surface area contributed by atoms with Crippen molar-refractivity contribution in [1.82, 2.24) is 4.98 Å². The van der Waals surface area contributed by atoms with E-state index in [1.807, 2.05) is 12.3 Å². The zero-order valence-corrected chi connectivity index (χ0v) is 16.3. The van der Waals surface area contributed by atoms with Gasteiger partial charge in [-0.25, -0.2) is 0 Å². The van der Waals surface area contributed by atoms with Gasteiger partial charge in [-0.05, 0) is 54.5 Å². The largest absolute Gasteiger partial charge is 0.256 e. The minimum absolute atomic E-state index is 1.07. The molecule has 0 saturated heterocycles. The summed E-state index contributed by atoms with van der Waals surface area (Å²) in [5.74, 6) is 0. The van der Waals surface area contributed by atoms with Crippen molar-refractivity contribution in [2.45, 2.75) is 0 Å². The first kappa shape index (κ1) is 15.9. The molecule has 0 aliphatic heterocycles. The summed E-state index contributed by atoms with van der Waals surface area (Å²) in [5, 5.41) is 14.1. The van der Waals surface area contributed by atoms with Gasteiger partial charge in [-0.1, -0.05) is 91.0 Å². The molecule has 0 fully saturated rings. The van der Waals surface area contributed by atoms with Crippen molar-refractivity contribution in [1.29, 1.82) is 0 Å². The van der Waals surface area contributed by atoms with E-state index in [1.165, 1.54) is 59.2 Å². The third-order valence-electron chi connectivity index (χ3n) is 6.44. The van der Waals surface area contributed by atoms with Gasteiger partial charge in [0.25, 0.3) is 0 Å². The number of pyridine rings is 1. The van der Waals surface area contributed by atoms with Crippen LogP contribution >= 0.6 is 0 Å². The zero-order chi connectivity index (χ0) is 19.7. The van der Waals surface area contributed by atoms with Crippen LogP contribution in [0.25, 0.3) is 64.8 Å². The summed E-state index contributed by atoms with van der Waals surface area (Å²) in [6.07, 6.45) is 1.90. The number of hydrogen-bond acceptors (Lipinski definition) is 1. The van der Waals surface area contributed by atoms with Crippen molar-refractivity contribution < 1.29 is 0 Å². The monoisotopic (exact) mass is 379 g/mol. The molecule has 1 heteroatoms. The lowest BCUT2D eigenvalue weighted by Crippen LogP contribution is -1.90. The predicted molar refractivity (Wildman–Crippen MR) is 129 cm³/mol. The van der Waals surface area contributed by atoms with E-state index in [1.54, 1.807) is 0 Å². The van der Waals surface area contributed by atoms with Crippen LogP contribution < -0.4 is 0 Å². The van der Waals surface area contributed by atoms with Crippen molar-refractivity contribution in [2.24, 2.45) is 0 Å². The fourth-order valence-corrected chi connectivity index (χ4v) is 5.25. The third-order valence-corrected chi connectivity index (χ3v) is 6.44. The van der Waals surface area contributed by atoms with E-state index in [2.05, 4.69) is 91.0 Å². The number of hydrogen-bond donors (Lipinski definition) is 0. The standard InChI is InChI=1S/C29H17N/c1-3-11-21-19(9-1)20-10-2-4-12-22(20)27-25-16-15-18-8-7-17-30-29(18)28(25)24-14-6-5-13-23(24)26(21)27/h1-17H. The summed E-state index contributed by atoms with van der Waals surface area (Å²) in [5.41, 5.74) is 1.07. The highest BCUT2D eigenvalue weighted by Crippen LogP contribution is 2.44. The van der Waals surface area contributed by atoms with E-state index in [9.17, 15) is 0 Å².